The van der Waals surface area contributed by atoms with E-state index in [4.69, 9.17) is 9.47 Å². The first-order chi connectivity index (χ1) is 11.4. The Labute approximate surface area is 142 Å². The molecule has 2 aromatic carbocycles. The molecule has 0 aliphatic heterocycles. The smallest absolute Gasteiger partial charge is 0.180 e. The van der Waals surface area contributed by atoms with Crippen LogP contribution in [0.15, 0.2) is 53.4 Å². The molecule has 0 saturated heterocycles. The lowest BCUT2D eigenvalue weighted by molar-refractivity contribution is 0.0390. The first-order valence-corrected chi connectivity index (χ1v) is 9.24. The zero-order chi connectivity index (χ0) is 17.6. The summed E-state index contributed by atoms with van der Waals surface area (Å²) in [5.74, 6) is 0.390. The van der Waals surface area contributed by atoms with E-state index in [2.05, 4.69) is 0 Å². The molecular formula is C18H22O5S. The fourth-order valence-corrected chi connectivity index (χ4v) is 3.52. The van der Waals surface area contributed by atoms with Gasteiger partial charge in [-0.1, -0.05) is 29.8 Å². The van der Waals surface area contributed by atoms with Crippen molar-refractivity contribution in [3.63, 3.8) is 0 Å². The third-order valence-electron chi connectivity index (χ3n) is 3.53. The van der Waals surface area contributed by atoms with Crippen LogP contribution in [0.4, 0.5) is 0 Å². The van der Waals surface area contributed by atoms with Crippen molar-refractivity contribution < 1.29 is 23.0 Å². The second-order valence-corrected chi connectivity index (χ2v) is 7.65. The molecular weight excluding hydrogens is 328 g/mol. The van der Waals surface area contributed by atoms with E-state index >= 15 is 0 Å². The maximum absolute atomic E-state index is 12.2. The fraction of sp³-hybridized carbons (Fsp3) is 0.333. The van der Waals surface area contributed by atoms with Crippen LogP contribution in [-0.4, -0.2) is 39.1 Å². The number of aryl methyl sites for hydroxylation is 1. The molecule has 0 saturated carbocycles. The van der Waals surface area contributed by atoms with Crippen molar-refractivity contribution >= 4 is 9.84 Å². The van der Waals surface area contributed by atoms with Gasteiger partial charge < -0.3 is 14.6 Å². The molecule has 1 atom stereocenters. The van der Waals surface area contributed by atoms with Gasteiger partial charge in [-0.3, -0.25) is 0 Å². The molecule has 6 heteroatoms. The van der Waals surface area contributed by atoms with Gasteiger partial charge in [0.2, 0.25) is 0 Å². The number of aliphatic hydroxyl groups excluding tert-OH is 1. The highest BCUT2D eigenvalue weighted by atomic mass is 32.2. The maximum Gasteiger partial charge on any atom is 0.180 e. The Morgan fingerprint density at radius 3 is 2.25 bits per heavy atom. The van der Waals surface area contributed by atoms with Crippen LogP contribution in [0.25, 0.3) is 0 Å². The van der Waals surface area contributed by atoms with Gasteiger partial charge >= 0.3 is 0 Å². The van der Waals surface area contributed by atoms with Crippen LogP contribution in [0, 0.1) is 6.92 Å². The van der Waals surface area contributed by atoms with E-state index in [1.54, 1.807) is 31.4 Å². The molecule has 1 N–H and O–H groups in total. The molecule has 0 radical (unpaired) electrons. The van der Waals surface area contributed by atoms with E-state index in [-0.39, 0.29) is 17.3 Å². The Morgan fingerprint density at radius 1 is 1.04 bits per heavy atom. The molecule has 0 aromatic heterocycles. The number of ether oxygens (including phenoxy) is 2. The molecule has 2 aromatic rings. The SMILES string of the molecule is COc1ccc(COC[C@H](O)CS(=O)(=O)c2ccc(C)cc2)cc1. The molecule has 130 valence electrons. The first kappa shape index (κ1) is 18.4. The minimum atomic E-state index is -3.53. The zero-order valence-corrected chi connectivity index (χ0v) is 14.6. The lowest BCUT2D eigenvalue weighted by Gasteiger charge is -2.12. The molecule has 5 nitrogen and oxygen atoms in total. The molecule has 0 amide bonds. The predicted octanol–water partition coefficient (Wildman–Crippen LogP) is 2.36. The van der Waals surface area contributed by atoms with Crippen LogP contribution in [0.5, 0.6) is 5.75 Å². The Morgan fingerprint density at radius 2 is 1.67 bits per heavy atom. The van der Waals surface area contributed by atoms with Crippen molar-refractivity contribution in [2.75, 3.05) is 19.5 Å². The van der Waals surface area contributed by atoms with Crippen molar-refractivity contribution in [1.82, 2.24) is 0 Å². The lowest BCUT2D eigenvalue weighted by atomic mass is 10.2. The largest absolute Gasteiger partial charge is 0.497 e. The summed E-state index contributed by atoms with van der Waals surface area (Å²) in [6, 6.07) is 13.9. The molecule has 0 heterocycles. The third-order valence-corrected chi connectivity index (χ3v) is 5.34. The second-order valence-electron chi connectivity index (χ2n) is 5.61. The van der Waals surface area contributed by atoms with Gasteiger partial charge in [-0.2, -0.15) is 0 Å². The van der Waals surface area contributed by atoms with E-state index in [1.165, 1.54) is 0 Å². The van der Waals surface area contributed by atoms with Crippen molar-refractivity contribution in [3.8, 4) is 5.75 Å². The van der Waals surface area contributed by atoms with Crippen molar-refractivity contribution in [3.05, 3.63) is 59.7 Å². The van der Waals surface area contributed by atoms with Crippen LogP contribution < -0.4 is 4.74 Å². The minimum Gasteiger partial charge on any atom is -0.497 e. The molecule has 0 spiro atoms. The van der Waals surface area contributed by atoms with Crippen LogP contribution >= 0.6 is 0 Å². The number of hydrogen-bond donors (Lipinski definition) is 1. The van der Waals surface area contributed by atoms with Crippen molar-refractivity contribution in [2.24, 2.45) is 0 Å². The Hall–Kier alpha value is -1.89. The molecule has 0 aliphatic rings. The van der Waals surface area contributed by atoms with Gasteiger partial charge in [0.05, 0.1) is 37.1 Å². The summed E-state index contributed by atoms with van der Waals surface area (Å²) in [5, 5.41) is 9.94. The van der Waals surface area contributed by atoms with Gasteiger partial charge in [0.15, 0.2) is 9.84 Å². The van der Waals surface area contributed by atoms with E-state index in [0.717, 1.165) is 16.9 Å². The van der Waals surface area contributed by atoms with Gasteiger partial charge in [0.25, 0.3) is 0 Å². The van der Waals surface area contributed by atoms with Crippen LogP contribution in [0.2, 0.25) is 0 Å². The monoisotopic (exact) mass is 350 g/mol. The van der Waals surface area contributed by atoms with Crippen LogP contribution in [0.3, 0.4) is 0 Å². The van der Waals surface area contributed by atoms with E-state index in [0.29, 0.717) is 6.61 Å². The van der Waals surface area contributed by atoms with Crippen molar-refractivity contribution in [2.45, 2.75) is 24.5 Å². The van der Waals surface area contributed by atoms with Gasteiger partial charge in [-0.05, 0) is 36.8 Å². The Bertz CT molecular complexity index is 736. The maximum atomic E-state index is 12.2. The molecule has 0 aliphatic carbocycles. The third kappa shape index (κ3) is 5.33. The Balaban J connectivity index is 1.83. The van der Waals surface area contributed by atoms with Gasteiger partial charge in [-0.25, -0.2) is 8.42 Å². The standard InChI is InChI=1S/C18H22O5S/c1-14-3-9-18(10-4-14)24(20,21)13-16(19)12-23-11-15-5-7-17(22-2)8-6-15/h3-10,16,19H,11-13H2,1-2H3/t16-/m0/s1. The summed E-state index contributed by atoms with van der Waals surface area (Å²) in [7, 11) is -1.93. The number of rotatable bonds is 8. The summed E-state index contributed by atoms with van der Waals surface area (Å²) in [5.41, 5.74) is 1.90. The topological polar surface area (TPSA) is 72.8 Å². The van der Waals surface area contributed by atoms with E-state index in [1.807, 2.05) is 31.2 Å². The van der Waals surface area contributed by atoms with Crippen molar-refractivity contribution in [1.29, 1.82) is 0 Å². The molecule has 0 fully saturated rings. The summed E-state index contributed by atoms with van der Waals surface area (Å²) in [4.78, 5) is 0.210. The highest BCUT2D eigenvalue weighted by molar-refractivity contribution is 7.91. The van der Waals surface area contributed by atoms with E-state index < -0.39 is 15.9 Å². The van der Waals surface area contributed by atoms with Gasteiger partial charge in [-0.15, -0.1) is 0 Å². The van der Waals surface area contributed by atoms with Crippen LogP contribution in [0.1, 0.15) is 11.1 Å². The first-order valence-electron chi connectivity index (χ1n) is 7.59. The predicted molar refractivity (Wildman–Crippen MR) is 91.9 cm³/mol. The minimum absolute atomic E-state index is 0.0445. The van der Waals surface area contributed by atoms with Gasteiger partial charge in [0.1, 0.15) is 5.75 Å². The second kappa shape index (κ2) is 8.28. The summed E-state index contributed by atoms with van der Waals surface area (Å²) in [6.07, 6.45) is -1.07. The average molecular weight is 350 g/mol. The zero-order valence-electron chi connectivity index (χ0n) is 13.8. The number of sulfone groups is 1. The number of methoxy groups -OCH3 is 1. The quantitative estimate of drug-likeness (QED) is 0.791. The molecule has 0 bridgehead atoms. The van der Waals surface area contributed by atoms with Gasteiger partial charge in [0, 0.05) is 0 Å². The van der Waals surface area contributed by atoms with Crippen LogP contribution in [-0.2, 0) is 21.2 Å². The fourth-order valence-electron chi connectivity index (χ4n) is 2.18. The molecule has 24 heavy (non-hydrogen) atoms. The molecule has 0 unspecified atom stereocenters. The molecule has 2 rings (SSSR count). The summed E-state index contributed by atoms with van der Waals surface area (Å²) in [6.45, 7) is 2.14. The van der Waals surface area contributed by atoms with E-state index in [9.17, 15) is 13.5 Å². The number of hydrogen-bond acceptors (Lipinski definition) is 5. The summed E-state index contributed by atoms with van der Waals surface area (Å²) < 4.78 is 34.9. The highest BCUT2D eigenvalue weighted by Gasteiger charge is 2.19. The number of aliphatic hydroxyl groups is 1. The normalized spacial score (nSPS) is 12.8. The average Bonchev–Trinajstić information content (AvgIpc) is 2.55. The summed E-state index contributed by atoms with van der Waals surface area (Å²) >= 11 is 0. The Kier molecular flexibility index (Phi) is 6.36. The highest BCUT2D eigenvalue weighted by Crippen LogP contribution is 2.14. The number of benzene rings is 2. The lowest BCUT2D eigenvalue weighted by Crippen LogP contribution is -2.25.